The third-order valence-corrected chi connectivity index (χ3v) is 4.66. The van der Waals surface area contributed by atoms with E-state index in [1.165, 1.54) is 31.1 Å². The van der Waals surface area contributed by atoms with E-state index >= 15 is 0 Å². The van der Waals surface area contributed by atoms with E-state index in [0.29, 0.717) is 17.2 Å². The lowest BCUT2D eigenvalue weighted by molar-refractivity contribution is -0.385. The van der Waals surface area contributed by atoms with Gasteiger partial charge in [-0.25, -0.2) is 4.98 Å². The summed E-state index contributed by atoms with van der Waals surface area (Å²) in [7, 11) is 1.23. The van der Waals surface area contributed by atoms with Gasteiger partial charge in [-0.1, -0.05) is 0 Å². The largest absolute Gasteiger partial charge is 0.511 e. The van der Waals surface area contributed by atoms with E-state index in [4.69, 9.17) is 4.74 Å². The van der Waals surface area contributed by atoms with Crippen LogP contribution in [0.1, 0.15) is 12.8 Å². The highest BCUT2D eigenvalue weighted by atomic mass is 32.2. The number of hydrogen-bond donors (Lipinski definition) is 1. The Bertz CT molecular complexity index is 673. The second-order valence-electron chi connectivity index (χ2n) is 5.25. The highest BCUT2D eigenvalue weighted by Gasteiger charge is 2.37. The number of aliphatic hydroxyl groups excluding tert-OH is 1. The molecule has 1 aliphatic carbocycles. The number of aliphatic hydroxyl groups is 1. The van der Waals surface area contributed by atoms with Gasteiger partial charge in [-0.3, -0.25) is 19.7 Å². The molecule has 1 N–H and O–H groups in total. The summed E-state index contributed by atoms with van der Waals surface area (Å²) in [5.41, 5.74) is -0.0851. The molecule has 0 fully saturated rings. The van der Waals surface area contributed by atoms with Gasteiger partial charge in [0.1, 0.15) is 17.9 Å². The van der Waals surface area contributed by atoms with Crippen LogP contribution in [0.5, 0.6) is 0 Å². The maximum absolute atomic E-state index is 11.8. The molecule has 0 spiro atoms. The molecule has 2 atom stereocenters. The normalized spacial score (nSPS) is 20.4. The highest BCUT2D eigenvalue weighted by molar-refractivity contribution is 7.99. The Balaban J connectivity index is 1.96. The molecule has 128 valence electrons. The number of ketones is 1. The molecule has 9 heteroatoms. The molecule has 24 heavy (non-hydrogen) atoms. The molecule has 0 saturated heterocycles. The highest BCUT2D eigenvalue weighted by Crippen LogP contribution is 2.33. The van der Waals surface area contributed by atoms with E-state index in [-0.39, 0.29) is 29.6 Å². The number of nitro groups is 1. The van der Waals surface area contributed by atoms with Crippen molar-refractivity contribution >= 4 is 29.2 Å². The summed E-state index contributed by atoms with van der Waals surface area (Å²) in [5, 5.41) is 21.1. The number of thioether (sulfide) groups is 1. The molecule has 1 aliphatic rings. The van der Waals surface area contributed by atoms with Crippen LogP contribution in [0.2, 0.25) is 0 Å². The van der Waals surface area contributed by atoms with Crippen molar-refractivity contribution in [1.29, 1.82) is 0 Å². The summed E-state index contributed by atoms with van der Waals surface area (Å²) < 4.78 is 4.69. The maximum atomic E-state index is 11.8. The summed E-state index contributed by atoms with van der Waals surface area (Å²) in [6.07, 6.45) is 2.91. The van der Waals surface area contributed by atoms with Crippen molar-refractivity contribution in [3.05, 3.63) is 40.3 Å². The Morgan fingerprint density at radius 2 is 2.29 bits per heavy atom. The first kappa shape index (κ1) is 17.9. The van der Waals surface area contributed by atoms with Crippen LogP contribution in [-0.4, -0.2) is 39.6 Å². The number of aromatic nitrogens is 1. The van der Waals surface area contributed by atoms with E-state index in [9.17, 15) is 24.8 Å². The minimum atomic E-state index is -0.835. The van der Waals surface area contributed by atoms with Gasteiger partial charge >= 0.3 is 5.97 Å². The fourth-order valence-corrected chi connectivity index (χ4v) is 3.44. The predicted octanol–water partition coefficient (Wildman–Crippen LogP) is 2.29. The molecule has 0 saturated carbocycles. The quantitative estimate of drug-likeness (QED) is 0.358. The Labute approximate surface area is 142 Å². The van der Waals surface area contributed by atoms with Crippen LogP contribution in [0.4, 0.5) is 5.69 Å². The zero-order chi connectivity index (χ0) is 17.7. The van der Waals surface area contributed by atoms with E-state index in [1.54, 1.807) is 6.07 Å². The van der Waals surface area contributed by atoms with E-state index in [0.717, 1.165) is 6.08 Å². The van der Waals surface area contributed by atoms with Gasteiger partial charge in [0.2, 0.25) is 0 Å². The molecular weight excluding hydrogens is 336 g/mol. The summed E-state index contributed by atoms with van der Waals surface area (Å²) in [5.74, 6) is -1.69. The number of carbonyl (C=O) groups is 2. The second-order valence-corrected chi connectivity index (χ2v) is 6.36. The van der Waals surface area contributed by atoms with Gasteiger partial charge in [-0.15, -0.1) is 11.8 Å². The summed E-state index contributed by atoms with van der Waals surface area (Å²) in [4.78, 5) is 37.5. The van der Waals surface area contributed by atoms with Gasteiger partial charge < -0.3 is 9.84 Å². The third-order valence-electron chi connectivity index (χ3n) is 3.69. The van der Waals surface area contributed by atoms with Crippen LogP contribution in [0.25, 0.3) is 0 Å². The molecule has 0 amide bonds. The molecule has 2 unspecified atom stereocenters. The first-order valence-corrected chi connectivity index (χ1v) is 8.15. The lowest BCUT2D eigenvalue weighted by atomic mass is 9.80. The Kier molecular flexibility index (Phi) is 5.91. The average Bonchev–Trinajstić information content (AvgIpc) is 2.54. The minimum absolute atomic E-state index is 0.0851. The smallest absolute Gasteiger partial charge is 0.316 e. The van der Waals surface area contributed by atoms with Crippen LogP contribution in [0, 0.1) is 22.0 Å². The SMILES string of the molecule is COC(=O)C1C(O)=CC(=O)CC1CCSc1ccc([N+](=O)[O-])cn1. The molecule has 8 nitrogen and oxygen atoms in total. The van der Waals surface area contributed by atoms with Crippen molar-refractivity contribution < 1.29 is 24.4 Å². The van der Waals surface area contributed by atoms with E-state index < -0.39 is 16.8 Å². The fourth-order valence-electron chi connectivity index (χ4n) is 2.52. The number of carbonyl (C=O) groups excluding carboxylic acids is 2. The fraction of sp³-hybridized carbons (Fsp3) is 0.400. The van der Waals surface area contributed by atoms with Crippen molar-refractivity contribution in [3.8, 4) is 0 Å². The van der Waals surface area contributed by atoms with Crippen LogP contribution >= 0.6 is 11.8 Å². The van der Waals surface area contributed by atoms with Crippen LogP contribution in [0.15, 0.2) is 35.2 Å². The number of ether oxygens (including phenoxy) is 1. The van der Waals surface area contributed by atoms with Gasteiger partial charge in [0.05, 0.1) is 17.1 Å². The molecule has 0 bridgehead atoms. The van der Waals surface area contributed by atoms with Crippen LogP contribution in [0.3, 0.4) is 0 Å². The standard InChI is InChI=1S/C15H16N2O6S/c1-23-15(20)14-9(6-11(18)7-12(14)19)4-5-24-13-3-2-10(8-16-13)17(21)22/h2-3,7-9,14,19H,4-6H2,1H3. The molecule has 0 aliphatic heterocycles. The number of hydrogen-bond acceptors (Lipinski definition) is 8. The summed E-state index contributed by atoms with van der Waals surface area (Å²) in [6.45, 7) is 0. The Morgan fingerprint density at radius 3 is 2.88 bits per heavy atom. The summed E-state index contributed by atoms with van der Waals surface area (Å²) in [6, 6.07) is 2.91. The van der Waals surface area contributed by atoms with Crippen molar-refractivity contribution in [2.75, 3.05) is 12.9 Å². The second kappa shape index (κ2) is 7.91. The molecule has 1 aromatic heterocycles. The third kappa shape index (κ3) is 4.31. The lowest BCUT2D eigenvalue weighted by Crippen LogP contribution is -2.32. The topological polar surface area (TPSA) is 120 Å². The van der Waals surface area contributed by atoms with Crippen LogP contribution < -0.4 is 0 Å². The van der Waals surface area contributed by atoms with Crippen molar-refractivity contribution in [2.24, 2.45) is 11.8 Å². The molecule has 0 aromatic carbocycles. The van der Waals surface area contributed by atoms with Gasteiger partial charge in [0.25, 0.3) is 5.69 Å². The number of esters is 1. The maximum Gasteiger partial charge on any atom is 0.316 e. The monoisotopic (exact) mass is 352 g/mol. The number of rotatable bonds is 6. The number of allylic oxidation sites excluding steroid dienone is 1. The number of nitrogens with zero attached hydrogens (tertiary/aromatic N) is 2. The van der Waals surface area contributed by atoms with Gasteiger partial charge in [0, 0.05) is 18.6 Å². The van der Waals surface area contributed by atoms with Crippen LogP contribution in [-0.2, 0) is 14.3 Å². The Hall–Kier alpha value is -2.42. The Morgan fingerprint density at radius 1 is 1.54 bits per heavy atom. The summed E-state index contributed by atoms with van der Waals surface area (Å²) >= 11 is 1.36. The lowest BCUT2D eigenvalue weighted by Gasteiger charge is -2.27. The molecule has 2 rings (SSSR count). The van der Waals surface area contributed by atoms with Gasteiger partial charge in [-0.2, -0.15) is 0 Å². The predicted molar refractivity (Wildman–Crippen MR) is 85.6 cm³/mol. The van der Waals surface area contributed by atoms with Gasteiger partial charge in [0.15, 0.2) is 5.78 Å². The number of pyridine rings is 1. The first-order chi connectivity index (χ1) is 11.4. The van der Waals surface area contributed by atoms with E-state index in [1.807, 2.05) is 0 Å². The zero-order valence-electron chi connectivity index (χ0n) is 12.9. The van der Waals surface area contributed by atoms with E-state index in [2.05, 4.69) is 4.98 Å². The van der Waals surface area contributed by atoms with Gasteiger partial charge in [-0.05, 0) is 24.2 Å². The molecular formula is C15H16N2O6S. The average molecular weight is 352 g/mol. The first-order valence-electron chi connectivity index (χ1n) is 7.17. The van der Waals surface area contributed by atoms with Crippen molar-refractivity contribution in [1.82, 2.24) is 4.98 Å². The molecule has 1 aromatic rings. The zero-order valence-corrected chi connectivity index (χ0v) is 13.7. The molecule has 0 radical (unpaired) electrons. The molecule has 1 heterocycles. The van der Waals surface area contributed by atoms with Crippen molar-refractivity contribution in [2.45, 2.75) is 17.9 Å². The number of methoxy groups -OCH3 is 1. The van der Waals surface area contributed by atoms with Crippen molar-refractivity contribution in [3.63, 3.8) is 0 Å². The minimum Gasteiger partial charge on any atom is -0.511 e.